The van der Waals surface area contributed by atoms with Crippen LogP contribution in [0, 0.1) is 0 Å². The van der Waals surface area contributed by atoms with E-state index in [1.807, 2.05) is 12.1 Å². The van der Waals surface area contributed by atoms with Crippen LogP contribution in [0.5, 0.6) is 0 Å². The minimum Gasteiger partial charge on any atom is -0.467 e. The Morgan fingerprint density at radius 2 is 2.43 bits per heavy atom. The molecule has 0 spiro atoms. The van der Waals surface area contributed by atoms with Crippen molar-refractivity contribution in [2.75, 3.05) is 11.1 Å². The molecule has 0 bridgehead atoms. The van der Waals surface area contributed by atoms with E-state index >= 15 is 0 Å². The number of aromatic nitrogens is 2. The number of hydrogen-bond donors (Lipinski definition) is 2. The summed E-state index contributed by atoms with van der Waals surface area (Å²) in [5.74, 6) is 1.46. The minimum atomic E-state index is 0.527. The van der Waals surface area contributed by atoms with Crippen molar-refractivity contribution in [3.05, 3.63) is 36.7 Å². The SMILES string of the molecule is Nc1cncnc1NCc1ccco1. The van der Waals surface area contributed by atoms with Gasteiger partial charge in [0.2, 0.25) is 0 Å². The topological polar surface area (TPSA) is 77.0 Å². The average molecular weight is 190 g/mol. The van der Waals surface area contributed by atoms with Gasteiger partial charge in [-0.3, -0.25) is 0 Å². The first-order valence-corrected chi connectivity index (χ1v) is 4.18. The number of nitrogen functional groups attached to an aromatic ring is 1. The van der Waals surface area contributed by atoms with Crippen LogP contribution in [0.1, 0.15) is 5.76 Å². The molecule has 0 saturated heterocycles. The third-order valence-electron chi connectivity index (χ3n) is 1.75. The summed E-state index contributed by atoms with van der Waals surface area (Å²) in [4.78, 5) is 7.78. The molecule has 5 heteroatoms. The summed E-state index contributed by atoms with van der Waals surface area (Å²) in [6, 6.07) is 3.71. The first-order chi connectivity index (χ1) is 6.86. The van der Waals surface area contributed by atoms with Gasteiger partial charge in [-0.25, -0.2) is 9.97 Å². The molecule has 2 heterocycles. The Morgan fingerprint density at radius 3 is 3.14 bits per heavy atom. The van der Waals surface area contributed by atoms with E-state index < -0.39 is 0 Å². The number of anilines is 2. The van der Waals surface area contributed by atoms with Crippen LogP contribution in [0.3, 0.4) is 0 Å². The summed E-state index contributed by atoms with van der Waals surface area (Å²) in [6.45, 7) is 0.564. The van der Waals surface area contributed by atoms with E-state index in [1.54, 1.807) is 12.5 Å². The number of nitrogens with one attached hydrogen (secondary N) is 1. The Balaban J connectivity index is 2.02. The first kappa shape index (κ1) is 8.55. The highest BCUT2D eigenvalue weighted by Crippen LogP contribution is 2.12. The average Bonchev–Trinajstić information content (AvgIpc) is 2.69. The third-order valence-corrected chi connectivity index (χ3v) is 1.75. The van der Waals surface area contributed by atoms with Gasteiger partial charge in [0.1, 0.15) is 12.1 Å². The standard InChI is InChI=1S/C9H10N4O/c10-8-5-11-6-13-9(8)12-4-7-2-1-3-14-7/h1-3,5-6H,4,10H2,(H,11,12,13). The summed E-state index contributed by atoms with van der Waals surface area (Å²) in [5, 5.41) is 3.05. The fourth-order valence-electron chi connectivity index (χ4n) is 1.07. The van der Waals surface area contributed by atoms with Gasteiger partial charge in [0.05, 0.1) is 24.7 Å². The second kappa shape index (κ2) is 3.78. The van der Waals surface area contributed by atoms with Crippen LogP contribution in [0.15, 0.2) is 35.3 Å². The number of hydrogen-bond acceptors (Lipinski definition) is 5. The quantitative estimate of drug-likeness (QED) is 0.762. The first-order valence-electron chi connectivity index (χ1n) is 4.18. The second-order valence-corrected chi connectivity index (χ2v) is 2.76. The van der Waals surface area contributed by atoms with Crippen molar-refractivity contribution < 1.29 is 4.42 Å². The van der Waals surface area contributed by atoms with E-state index in [0.717, 1.165) is 5.76 Å². The van der Waals surface area contributed by atoms with E-state index in [-0.39, 0.29) is 0 Å². The smallest absolute Gasteiger partial charge is 0.153 e. The van der Waals surface area contributed by atoms with Gasteiger partial charge in [0, 0.05) is 0 Å². The number of rotatable bonds is 3. The molecule has 0 aromatic carbocycles. The van der Waals surface area contributed by atoms with E-state index in [4.69, 9.17) is 10.2 Å². The molecule has 5 nitrogen and oxygen atoms in total. The zero-order valence-electron chi connectivity index (χ0n) is 7.47. The van der Waals surface area contributed by atoms with Gasteiger partial charge < -0.3 is 15.5 Å². The van der Waals surface area contributed by atoms with Crippen LogP contribution in [-0.2, 0) is 6.54 Å². The molecular formula is C9H10N4O. The Hall–Kier alpha value is -2.04. The summed E-state index contributed by atoms with van der Waals surface area (Å²) >= 11 is 0. The third kappa shape index (κ3) is 1.82. The Bertz CT molecular complexity index is 399. The molecule has 0 amide bonds. The fraction of sp³-hybridized carbons (Fsp3) is 0.111. The van der Waals surface area contributed by atoms with Gasteiger partial charge in [-0.1, -0.05) is 0 Å². The van der Waals surface area contributed by atoms with Crippen LogP contribution in [-0.4, -0.2) is 9.97 Å². The summed E-state index contributed by atoms with van der Waals surface area (Å²) in [6.07, 6.45) is 4.62. The van der Waals surface area contributed by atoms with Crippen LogP contribution in [0.2, 0.25) is 0 Å². The van der Waals surface area contributed by atoms with Crippen molar-refractivity contribution in [3.8, 4) is 0 Å². The monoisotopic (exact) mass is 190 g/mol. The molecule has 72 valence electrons. The van der Waals surface area contributed by atoms with Crippen molar-refractivity contribution >= 4 is 11.5 Å². The lowest BCUT2D eigenvalue weighted by molar-refractivity contribution is 0.518. The van der Waals surface area contributed by atoms with Crippen LogP contribution in [0.25, 0.3) is 0 Å². The molecule has 2 rings (SSSR count). The zero-order valence-corrected chi connectivity index (χ0v) is 7.47. The maximum absolute atomic E-state index is 5.64. The molecule has 14 heavy (non-hydrogen) atoms. The lowest BCUT2D eigenvalue weighted by Gasteiger charge is -2.04. The van der Waals surface area contributed by atoms with Gasteiger partial charge in [0.15, 0.2) is 5.82 Å². The number of furan rings is 1. The van der Waals surface area contributed by atoms with Crippen molar-refractivity contribution in [3.63, 3.8) is 0 Å². The predicted octanol–water partition coefficient (Wildman–Crippen LogP) is 1.26. The highest BCUT2D eigenvalue weighted by Gasteiger charge is 2.00. The zero-order chi connectivity index (χ0) is 9.80. The predicted molar refractivity (Wildman–Crippen MR) is 52.5 cm³/mol. The van der Waals surface area contributed by atoms with E-state index in [2.05, 4.69) is 15.3 Å². The maximum atomic E-state index is 5.64. The second-order valence-electron chi connectivity index (χ2n) is 2.76. The van der Waals surface area contributed by atoms with Crippen LogP contribution < -0.4 is 11.1 Å². The fourth-order valence-corrected chi connectivity index (χ4v) is 1.07. The molecule has 2 aromatic heterocycles. The Labute approximate surface area is 81.0 Å². The normalized spacial score (nSPS) is 10.0. The lowest BCUT2D eigenvalue weighted by atomic mass is 10.4. The van der Waals surface area contributed by atoms with E-state index in [0.29, 0.717) is 18.1 Å². The van der Waals surface area contributed by atoms with Crippen molar-refractivity contribution in [2.45, 2.75) is 6.54 Å². The molecule has 0 aliphatic carbocycles. The van der Waals surface area contributed by atoms with E-state index in [9.17, 15) is 0 Å². The lowest BCUT2D eigenvalue weighted by Crippen LogP contribution is -2.04. The molecule has 0 radical (unpaired) electrons. The van der Waals surface area contributed by atoms with Crippen LogP contribution >= 0.6 is 0 Å². The van der Waals surface area contributed by atoms with Gasteiger partial charge in [-0.05, 0) is 12.1 Å². The van der Waals surface area contributed by atoms with Crippen LogP contribution in [0.4, 0.5) is 11.5 Å². The molecule has 2 aromatic rings. The van der Waals surface area contributed by atoms with Gasteiger partial charge in [-0.2, -0.15) is 0 Å². The van der Waals surface area contributed by atoms with Crippen molar-refractivity contribution in [1.29, 1.82) is 0 Å². The van der Waals surface area contributed by atoms with Gasteiger partial charge in [0.25, 0.3) is 0 Å². The minimum absolute atomic E-state index is 0.527. The van der Waals surface area contributed by atoms with Gasteiger partial charge >= 0.3 is 0 Å². The Kier molecular flexibility index (Phi) is 2.31. The highest BCUT2D eigenvalue weighted by molar-refractivity contribution is 5.58. The molecule has 0 unspecified atom stereocenters. The van der Waals surface area contributed by atoms with E-state index in [1.165, 1.54) is 6.33 Å². The molecule has 0 aliphatic heterocycles. The molecular weight excluding hydrogens is 180 g/mol. The summed E-state index contributed by atoms with van der Waals surface area (Å²) < 4.78 is 5.15. The molecule has 0 saturated carbocycles. The summed E-state index contributed by atoms with van der Waals surface area (Å²) in [7, 11) is 0. The van der Waals surface area contributed by atoms with Gasteiger partial charge in [-0.15, -0.1) is 0 Å². The number of nitrogens with two attached hydrogens (primary N) is 1. The molecule has 3 N–H and O–H groups in total. The number of nitrogens with zero attached hydrogens (tertiary/aromatic N) is 2. The Morgan fingerprint density at radius 1 is 1.50 bits per heavy atom. The molecule has 0 aliphatic rings. The molecule has 0 atom stereocenters. The maximum Gasteiger partial charge on any atom is 0.153 e. The largest absolute Gasteiger partial charge is 0.467 e. The van der Waals surface area contributed by atoms with Crippen molar-refractivity contribution in [1.82, 2.24) is 9.97 Å². The van der Waals surface area contributed by atoms with Crippen molar-refractivity contribution in [2.24, 2.45) is 0 Å². The summed E-state index contributed by atoms with van der Waals surface area (Å²) in [5.41, 5.74) is 6.17. The highest BCUT2D eigenvalue weighted by atomic mass is 16.3. The molecule has 0 fully saturated rings.